The molecule has 3 rings (SSSR count). The van der Waals surface area contributed by atoms with E-state index >= 15 is 0 Å². The Balaban J connectivity index is 1.67. The number of amides is 3. The maximum absolute atomic E-state index is 12.9. The lowest BCUT2D eigenvalue weighted by Gasteiger charge is -2.27. The van der Waals surface area contributed by atoms with E-state index in [1.807, 2.05) is 26.0 Å². The van der Waals surface area contributed by atoms with Crippen LogP contribution in [0.1, 0.15) is 33.6 Å². The van der Waals surface area contributed by atoms with Crippen molar-refractivity contribution in [1.29, 1.82) is 0 Å². The Morgan fingerprint density at radius 3 is 2.56 bits per heavy atom. The molecule has 0 aliphatic carbocycles. The van der Waals surface area contributed by atoms with Crippen LogP contribution in [0.3, 0.4) is 0 Å². The van der Waals surface area contributed by atoms with Crippen LogP contribution in [0.4, 0.5) is 21.9 Å². The Kier molecular flexibility index (Phi) is 7.41. The number of anilines is 3. The van der Waals surface area contributed by atoms with Gasteiger partial charge in [0.1, 0.15) is 18.1 Å². The Morgan fingerprint density at radius 1 is 1.19 bits per heavy atom. The summed E-state index contributed by atoms with van der Waals surface area (Å²) in [4.78, 5) is 27.0. The van der Waals surface area contributed by atoms with Crippen molar-refractivity contribution >= 4 is 29.0 Å². The molecule has 3 amide bonds. The number of carbonyl (C=O) groups is 2. The molecule has 2 aromatic rings. The standard InChI is InChI=1S/C25H31N3O4/c1-5-7-15-31-20-11-8-18(9-12-20)26-24(30)27-19-10-13-21-22(16-19)32-17-25(3,4)23(29)28(21)14-6-2/h6,8-13,16H,2,5,7,14-15,17H2,1,3-4H3,(H2,26,27,30). The fraction of sp³-hybridized carbons (Fsp3) is 0.360. The normalized spacial score (nSPS) is 14.6. The molecule has 1 aliphatic rings. The molecule has 0 spiro atoms. The van der Waals surface area contributed by atoms with E-state index in [4.69, 9.17) is 9.47 Å². The molecule has 170 valence electrons. The topological polar surface area (TPSA) is 79.9 Å². The van der Waals surface area contributed by atoms with Gasteiger partial charge in [-0.3, -0.25) is 4.79 Å². The molecule has 0 atom stereocenters. The van der Waals surface area contributed by atoms with Crippen molar-refractivity contribution in [3.05, 3.63) is 55.1 Å². The molecule has 1 heterocycles. The van der Waals surface area contributed by atoms with Crippen molar-refractivity contribution in [2.24, 2.45) is 5.41 Å². The van der Waals surface area contributed by atoms with Crippen LogP contribution in [0.5, 0.6) is 11.5 Å². The fourth-order valence-corrected chi connectivity index (χ4v) is 3.30. The van der Waals surface area contributed by atoms with Crippen molar-refractivity contribution in [1.82, 2.24) is 0 Å². The van der Waals surface area contributed by atoms with Gasteiger partial charge in [0.05, 0.1) is 17.7 Å². The van der Waals surface area contributed by atoms with Gasteiger partial charge < -0.3 is 25.0 Å². The number of fused-ring (bicyclic) bond motifs is 1. The van der Waals surface area contributed by atoms with Gasteiger partial charge in [-0.25, -0.2) is 4.79 Å². The number of nitrogens with zero attached hydrogens (tertiary/aromatic N) is 1. The number of hydrogen-bond acceptors (Lipinski definition) is 4. The number of rotatable bonds is 8. The van der Waals surface area contributed by atoms with E-state index in [2.05, 4.69) is 24.1 Å². The minimum atomic E-state index is -0.667. The minimum absolute atomic E-state index is 0.0308. The second-order valence-corrected chi connectivity index (χ2v) is 8.37. The molecule has 32 heavy (non-hydrogen) atoms. The number of hydrogen-bond donors (Lipinski definition) is 2. The van der Waals surface area contributed by atoms with E-state index in [1.165, 1.54) is 0 Å². The Morgan fingerprint density at radius 2 is 1.88 bits per heavy atom. The predicted octanol–water partition coefficient (Wildman–Crippen LogP) is 5.45. The van der Waals surface area contributed by atoms with Crippen LogP contribution in [0.15, 0.2) is 55.1 Å². The lowest BCUT2D eigenvalue weighted by Crippen LogP contribution is -2.42. The SMILES string of the molecule is C=CCN1C(=O)C(C)(C)COc2cc(NC(=O)Nc3ccc(OCCCC)cc3)ccc21. The Bertz CT molecular complexity index is 970. The van der Waals surface area contributed by atoms with Gasteiger partial charge >= 0.3 is 6.03 Å². The molecule has 0 aromatic heterocycles. The maximum atomic E-state index is 12.9. The smallest absolute Gasteiger partial charge is 0.323 e. The number of carbonyl (C=O) groups excluding carboxylic acids is 2. The monoisotopic (exact) mass is 437 g/mol. The summed E-state index contributed by atoms with van der Waals surface area (Å²) < 4.78 is 11.6. The molecule has 0 fully saturated rings. The van der Waals surface area contributed by atoms with Crippen LogP contribution in [0.25, 0.3) is 0 Å². The first-order valence-corrected chi connectivity index (χ1v) is 10.8. The molecule has 2 N–H and O–H groups in total. The number of nitrogens with one attached hydrogen (secondary N) is 2. The first-order chi connectivity index (χ1) is 15.3. The zero-order valence-corrected chi connectivity index (χ0v) is 18.9. The van der Waals surface area contributed by atoms with Crippen LogP contribution in [-0.2, 0) is 4.79 Å². The first-order valence-electron chi connectivity index (χ1n) is 10.8. The summed E-state index contributed by atoms with van der Waals surface area (Å²) in [7, 11) is 0. The molecule has 0 unspecified atom stereocenters. The second-order valence-electron chi connectivity index (χ2n) is 8.37. The molecule has 7 heteroatoms. The Hall–Kier alpha value is -3.48. The van der Waals surface area contributed by atoms with E-state index < -0.39 is 5.41 Å². The third-order valence-electron chi connectivity index (χ3n) is 5.11. The van der Waals surface area contributed by atoms with E-state index in [1.54, 1.807) is 41.3 Å². The molecule has 2 aromatic carbocycles. The van der Waals surface area contributed by atoms with Crippen molar-refractivity contribution in [3.63, 3.8) is 0 Å². The van der Waals surface area contributed by atoms with E-state index in [0.717, 1.165) is 18.6 Å². The largest absolute Gasteiger partial charge is 0.494 e. The number of unbranched alkanes of at least 4 members (excludes halogenated alkanes) is 1. The highest BCUT2D eigenvalue weighted by atomic mass is 16.5. The van der Waals surface area contributed by atoms with Gasteiger partial charge in [-0.05, 0) is 56.7 Å². The maximum Gasteiger partial charge on any atom is 0.323 e. The molecule has 0 saturated carbocycles. The van der Waals surface area contributed by atoms with E-state index in [9.17, 15) is 9.59 Å². The minimum Gasteiger partial charge on any atom is -0.494 e. The number of benzene rings is 2. The third-order valence-corrected chi connectivity index (χ3v) is 5.11. The summed E-state index contributed by atoms with van der Waals surface area (Å²) in [5.74, 6) is 1.28. The highest BCUT2D eigenvalue weighted by Gasteiger charge is 2.37. The van der Waals surface area contributed by atoms with Crippen LogP contribution < -0.4 is 25.0 Å². The van der Waals surface area contributed by atoms with Gasteiger partial charge in [0.15, 0.2) is 0 Å². The highest BCUT2D eigenvalue weighted by Crippen LogP contribution is 2.38. The molecule has 0 saturated heterocycles. The van der Waals surface area contributed by atoms with Gasteiger partial charge in [-0.2, -0.15) is 0 Å². The Labute approximate surface area is 189 Å². The zero-order chi connectivity index (χ0) is 23.1. The summed E-state index contributed by atoms with van der Waals surface area (Å²) >= 11 is 0. The fourth-order valence-electron chi connectivity index (χ4n) is 3.30. The third kappa shape index (κ3) is 5.60. The van der Waals surface area contributed by atoms with Crippen molar-refractivity contribution < 1.29 is 19.1 Å². The molecule has 0 bridgehead atoms. The zero-order valence-electron chi connectivity index (χ0n) is 18.9. The first kappa shape index (κ1) is 23.2. The average Bonchev–Trinajstić information content (AvgIpc) is 2.85. The quantitative estimate of drug-likeness (QED) is 0.425. The summed E-state index contributed by atoms with van der Waals surface area (Å²) in [5, 5.41) is 5.61. The van der Waals surface area contributed by atoms with Gasteiger partial charge in [0.2, 0.25) is 5.91 Å². The van der Waals surface area contributed by atoms with Gasteiger partial charge in [0, 0.05) is 24.0 Å². The lowest BCUT2D eigenvalue weighted by atomic mass is 9.93. The summed E-state index contributed by atoms with van der Waals surface area (Å²) in [5.41, 5.74) is 1.21. The number of urea groups is 1. The van der Waals surface area contributed by atoms with Crippen LogP contribution in [-0.4, -0.2) is 31.7 Å². The van der Waals surface area contributed by atoms with E-state index in [0.29, 0.717) is 36.0 Å². The molecule has 7 nitrogen and oxygen atoms in total. The van der Waals surface area contributed by atoms with Gasteiger partial charge in [0.25, 0.3) is 0 Å². The van der Waals surface area contributed by atoms with Crippen LogP contribution in [0.2, 0.25) is 0 Å². The highest BCUT2D eigenvalue weighted by molar-refractivity contribution is 6.02. The van der Waals surface area contributed by atoms with E-state index in [-0.39, 0.29) is 18.5 Å². The summed E-state index contributed by atoms with van der Waals surface area (Å²) in [6.45, 7) is 10.9. The average molecular weight is 438 g/mol. The van der Waals surface area contributed by atoms with Crippen LogP contribution in [0, 0.1) is 5.41 Å². The predicted molar refractivity (Wildman–Crippen MR) is 128 cm³/mol. The second kappa shape index (κ2) is 10.2. The van der Waals surface area contributed by atoms with Gasteiger partial charge in [-0.15, -0.1) is 6.58 Å². The molecule has 1 aliphatic heterocycles. The molecule has 0 radical (unpaired) electrons. The van der Waals surface area contributed by atoms with Crippen molar-refractivity contribution in [2.75, 3.05) is 35.3 Å². The lowest BCUT2D eigenvalue weighted by molar-refractivity contribution is -0.127. The summed E-state index contributed by atoms with van der Waals surface area (Å²) in [6.07, 6.45) is 3.76. The molecular formula is C25H31N3O4. The van der Waals surface area contributed by atoms with Gasteiger partial charge in [-0.1, -0.05) is 19.4 Å². The van der Waals surface area contributed by atoms with Crippen LogP contribution >= 0.6 is 0 Å². The summed E-state index contributed by atoms with van der Waals surface area (Å²) in [6, 6.07) is 12.1. The van der Waals surface area contributed by atoms with Crippen molar-refractivity contribution in [3.8, 4) is 11.5 Å². The number of ether oxygens (including phenoxy) is 2. The molecular weight excluding hydrogens is 406 g/mol. The van der Waals surface area contributed by atoms with Crippen molar-refractivity contribution in [2.45, 2.75) is 33.6 Å².